The Morgan fingerprint density at radius 2 is 2.08 bits per heavy atom. The molecule has 3 rings (SSSR count). The maximum absolute atomic E-state index is 5.05. The van der Waals surface area contributed by atoms with Crippen LogP contribution in [0.3, 0.4) is 0 Å². The number of anilines is 1. The van der Waals surface area contributed by atoms with Gasteiger partial charge in [0.15, 0.2) is 0 Å². The molecule has 4 heteroatoms. The smallest absolute Gasteiger partial charge is 0.125 e. The molecule has 2 aromatic rings. The Hall–Kier alpha value is -2.10. The van der Waals surface area contributed by atoms with E-state index < -0.39 is 0 Å². The van der Waals surface area contributed by atoms with Crippen LogP contribution in [-0.4, -0.2) is 21.8 Å². The number of rotatable bonds is 4. The summed E-state index contributed by atoms with van der Waals surface area (Å²) in [7, 11) is 1.89. The van der Waals surface area contributed by atoms with Crippen molar-refractivity contribution in [1.29, 1.82) is 0 Å². The number of hydrogen-bond donors (Lipinski definition) is 1. The Labute approximate surface area is 145 Å². The lowest BCUT2D eigenvalue weighted by Gasteiger charge is -2.25. The van der Waals surface area contributed by atoms with Gasteiger partial charge in [0.2, 0.25) is 0 Å². The number of nitrogens with zero attached hydrogens (tertiary/aromatic N) is 3. The summed E-state index contributed by atoms with van der Waals surface area (Å²) >= 11 is 0. The third-order valence-corrected chi connectivity index (χ3v) is 5.35. The average Bonchev–Trinajstić information content (AvgIpc) is 3.00. The molecule has 2 aromatic heterocycles. The highest BCUT2D eigenvalue weighted by Gasteiger charge is 2.30. The third-order valence-electron chi connectivity index (χ3n) is 5.35. The van der Waals surface area contributed by atoms with Crippen LogP contribution in [0.4, 0.5) is 5.82 Å². The molecule has 0 saturated carbocycles. The number of hydrogen-bond acceptors (Lipinski definition) is 3. The molecule has 0 fully saturated rings. The van der Waals surface area contributed by atoms with Gasteiger partial charge in [0.1, 0.15) is 5.82 Å². The van der Waals surface area contributed by atoms with E-state index in [1.165, 1.54) is 22.4 Å². The molecular formula is C20H28N4. The van der Waals surface area contributed by atoms with Gasteiger partial charge in [-0.3, -0.25) is 4.68 Å². The molecule has 0 bridgehead atoms. The van der Waals surface area contributed by atoms with Crippen molar-refractivity contribution in [1.82, 2.24) is 14.8 Å². The van der Waals surface area contributed by atoms with Crippen LogP contribution in [-0.2, 0) is 0 Å². The zero-order chi connectivity index (χ0) is 17.4. The van der Waals surface area contributed by atoms with Gasteiger partial charge in [-0.2, -0.15) is 5.10 Å². The van der Waals surface area contributed by atoms with Crippen molar-refractivity contribution in [2.24, 2.45) is 0 Å². The summed E-state index contributed by atoms with van der Waals surface area (Å²) in [6, 6.07) is 4.53. The topological polar surface area (TPSA) is 42.7 Å². The molecule has 0 radical (unpaired) electrons. The molecule has 0 aromatic carbocycles. The highest BCUT2D eigenvalue weighted by atomic mass is 15.3. The Kier molecular flexibility index (Phi) is 4.48. The molecule has 2 atom stereocenters. The van der Waals surface area contributed by atoms with Crippen LogP contribution in [0.25, 0.3) is 16.8 Å². The van der Waals surface area contributed by atoms with E-state index in [4.69, 9.17) is 5.10 Å². The molecule has 1 aliphatic rings. The van der Waals surface area contributed by atoms with Gasteiger partial charge in [0.05, 0.1) is 11.4 Å². The van der Waals surface area contributed by atoms with Gasteiger partial charge in [0, 0.05) is 30.4 Å². The van der Waals surface area contributed by atoms with Crippen molar-refractivity contribution in [3.05, 3.63) is 35.2 Å². The van der Waals surface area contributed by atoms with Crippen molar-refractivity contribution >= 4 is 11.4 Å². The molecule has 1 N–H and O–H groups in total. The zero-order valence-corrected chi connectivity index (χ0v) is 15.6. The maximum atomic E-state index is 5.05. The van der Waals surface area contributed by atoms with Crippen molar-refractivity contribution < 1.29 is 0 Å². The first-order valence-corrected chi connectivity index (χ1v) is 8.91. The van der Waals surface area contributed by atoms with Crippen LogP contribution < -0.4 is 5.32 Å². The highest BCUT2D eigenvalue weighted by molar-refractivity contribution is 5.77. The largest absolute Gasteiger partial charge is 0.373 e. The minimum absolute atomic E-state index is 0.394. The lowest BCUT2D eigenvalue weighted by molar-refractivity contribution is 0.472. The highest BCUT2D eigenvalue weighted by Crippen LogP contribution is 2.44. The average molecular weight is 324 g/mol. The van der Waals surface area contributed by atoms with Gasteiger partial charge in [-0.15, -0.1) is 0 Å². The van der Waals surface area contributed by atoms with Crippen LogP contribution >= 0.6 is 0 Å². The SMILES string of the molecule is CCC(C)n1nc(-c2ccc(NC)nc2)c2c1C(C)=C(C)CC2C. The van der Waals surface area contributed by atoms with Crippen LogP contribution in [0.1, 0.15) is 70.7 Å². The molecule has 0 amide bonds. The second kappa shape index (κ2) is 6.42. The number of allylic oxidation sites excluding steroid dienone is 2. The monoisotopic (exact) mass is 324 g/mol. The summed E-state index contributed by atoms with van der Waals surface area (Å²) in [5.41, 5.74) is 7.79. The minimum Gasteiger partial charge on any atom is -0.373 e. The fourth-order valence-corrected chi connectivity index (χ4v) is 3.59. The predicted molar refractivity (Wildman–Crippen MR) is 101 cm³/mol. The Morgan fingerprint density at radius 3 is 2.67 bits per heavy atom. The van der Waals surface area contributed by atoms with Crippen molar-refractivity contribution in [2.75, 3.05) is 12.4 Å². The standard InChI is InChI=1S/C20H28N4/c1-7-14(4)24-20-15(5)12(2)10-13(3)18(20)19(23-24)16-8-9-17(21-6)22-11-16/h8-9,11,13-14H,7,10H2,1-6H3,(H,21,22). The molecule has 0 saturated heterocycles. The third kappa shape index (κ3) is 2.64. The fourth-order valence-electron chi connectivity index (χ4n) is 3.59. The molecule has 0 spiro atoms. The Bertz CT molecular complexity index is 768. The molecule has 24 heavy (non-hydrogen) atoms. The van der Waals surface area contributed by atoms with E-state index in [1.807, 2.05) is 19.3 Å². The first-order chi connectivity index (χ1) is 11.5. The normalized spacial score (nSPS) is 18.5. The number of nitrogens with one attached hydrogen (secondary N) is 1. The van der Waals surface area contributed by atoms with Crippen molar-refractivity contribution in [3.8, 4) is 11.3 Å². The molecule has 4 nitrogen and oxygen atoms in total. The van der Waals surface area contributed by atoms with Crippen LogP contribution in [0, 0.1) is 0 Å². The predicted octanol–water partition coefficient (Wildman–Crippen LogP) is 5.26. The van der Waals surface area contributed by atoms with Crippen LogP contribution in [0.15, 0.2) is 23.9 Å². The number of fused-ring (bicyclic) bond motifs is 1. The van der Waals surface area contributed by atoms with E-state index in [9.17, 15) is 0 Å². The van der Waals surface area contributed by atoms with Gasteiger partial charge in [-0.1, -0.05) is 19.4 Å². The quantitative estimate of drug-likeness (QED) is 0.834. The summed E-state index contributed by atoms with van der Waals surface area (Å²) in [5, 5.41) is 8.12. The molecule has 128 valence electrons. The summed E-state index contributed by atoms with van der Waals surface area (Å²) in [6.45, 7) is 11.3. The Morgan fingerprint density at radius 1 is 1.33 bits per heavy atom. The number of aromatic nitrogens is 3. The maximum Gasteiger partial charge on any atom is 0.125 e. The first kappa shape index (κ1) is 16.7. The summed E-state index contributed by atoms with van der Waals surface area (Å²) in [5.74, 6) is 1.37. The van der Waals surface area contributed by atoms with Gasteiger partial charge >= 0.3 is 0 Å². The first-order valence-electron chi connectivity index (χ1n) is 8.91. The second-order valence-electron chi connectivity index (χ2n) is 7.01. The second-order valence-corrected chi connectivity index (χ2v) is 7.01. The van der Waals surface area contributed by atoms with E-state index in [0.29, 0.717) is 12.0 Å². The summed E-state index contributed by atoms with van der Waals surface area (Å²) in [4.78, 5) is 4.48. The molecular weight excluding hydrogens is 296 g/mol. The summed E-state index contributed by atoms with van der Waals surface area (Å²) < 4.78 is 2.24. The fraction of sp³-hybridized carbons (Fsp3) is 0.500. The van der Waals surface area contributed by atoms with Gasteiger partial charge in [-0.25, -0.2) is 4.98 Å². The van der Waals surface area contributed by atoms with E-state index in [0.717, 1.165) is 29.9 Å². The van der Waals surface area contributed by atoms with Crippen LogP contribution in [0.5, 0.6) is 0 Å². The van der Waals surface area contributed by atoms with E-state index in [-0.39, 0.29) is 0 Å². The van der Waals surface area contributed by atoms with Crippen LogP contribution in [0.2, 0.25) is 0 Å². The van der Waals surface area contributed by atoms with E-state index in [2.05, 4.69) is 55.7 Å². The van der Waals surface area contributed by atoms with E-state index >= 15 is 0 Å². The molecule has 1 aliphatic carbocycles. The molecule has 2 unspecified atom stereocenters. The number of pyridine rings is 1. The van der Waals surface area contributed by atoms with E-state index in [1.54, 1.807) is 0 Å². The van der Waals surface area contributed by atoms with Gasteiger partial charge in [0.25, 0.3) is 0 Å². The van der Waals surface area contributed by atoms with Crippen molar-refractivity contribution in [3.63, 3.8) is 0 Å². The lowest BCUT2D eigenvalue weighted by atomic mass is 9.82. The minimum atomic E-state index is 0.394. The molecule has 0 aliphatic heterocycles. The van der Waals surface area contributed by atoms with Gasteiger partial charge in [-0.05, 0) is 57.2 Å². The Balaban J connectivity index is 2.22. The van der Waals surface area contributed by atoms with Crippen molar-refractivity contribution in [2.45, 2.75) is 59.4 Å². The summed E-state index contributed by atoms with van der Waals surface area (Å²) in [6.07, 6.45) is 4.12. The van der Waals surface area contributed by atoms with Gasteiger partial charge < -0.3 is 5.32 Å². The lowest BCUT2D eigenvalue weighted by Crippen LogP contribution is -2.13. The zero-order valence-electron chi connectivity index (χ0n) is 15.6. The molecule has 2 heterocycles.